The highest BCUT2D eigenvalue weighted by atomic mass is 32.2. The zero-order valence-electron chi connectivity index (χ0n) is 11.3. The number of benzene rings is 2. The summed E-state index contributed by atoms with van der Waals surface area (Å²) >= 11 is 0. The van der Waals surface area contributed by atoms with Crippen LogP contribution < -0.4 is 4.74 Å². The number of hydrogen-bond donors (Lipinski definition) is 1. The molecule has 0 spiro atoms. The van der Waals surface area contributed by atoms with Crippen molar-refractivity contribution in [1.29, 1.82) is 0 Å². The maximum Gasteiger partial charge on any atom is 0.294 e. The molecule has 0 radical (unpaired) electrons. The van der Waals surface area contributed by atoms with Gasteiger partial charge in [-0.05, 0) is 42.7 Å². The standard InChI is InChI=1S/C15H16O4S/c1-11-3-8-15(20(16,17)18)13(9-11)10-12-4-6-14(19-2)7-5-12/h3-9H,10H2,1-2H3,(H,16,17,18). The number of hydrogen-bond acceptors (Lipinski definition) is 3. The van der Waals surface area contributed by atoms with Crippen LogP contribution in [-0.2, 0) is 16.5 Å². The summed E-state index contributed by atoms with van der Waals surface area (Å²) in [6.07, 6.45) is 0.431. The third-order valence-corrected chi connectivity index (χ3v) is 4.00. The van der Waals surface area contributed by atoms with Crippen molar-refractivity contribution in [3.05, 3.63) is 59.2 Å². The third kappa shape index (κ3) is 3.37. The Morgan fingerprint density at radius 3 is 2.30 bits per heavy atom. The minimum atomic E-state index is -4.21. The molecule has 0 heterocycles. The van der Waals surface area contributed by atoms with Crippen LogP contribution >= 0.6 is 0 Å². The van der Waals surface area contributed by atoms with E-state index in [0.717, 1.165) is 16.9 Å². The molecule has 0 amide bonds. The average Bonchev–Trinajstić information content (AvgIpc) is 2.38. The summed E-state index contributed by atoms with van der Waals surface area (Å²) < 4.78 is 37.1. The van der Waals surface area contributed by atoms with Gasteiger partial charge in [-0.2, -0.15) is 8.42 Å². The van der Waals surface area contributed by atoms with Gasteiger partial charge in [0, 0.05) is 0 Å². The molecule has 0 saturated heterocycles. The molecule has 20 heavy (non-hydrogen) atoms. The summed E-state index contributed by atoms with van der Waals surface area (Å²) in [5.74, 6) is 0.744. The van der Waals surface area contributed by atoms with Crippen molar-refractivity contribution in [2.45, 2.75) is 18.2 Å². The second kappa shape index (κ2) is 5.64. The predicted octanol–water partition coefficient (Wildman–Crippen LogP) is 2.84. The predicted molar refractivity (Wildman–Crippen MR) is 76.8 cm³/mol. The van der Waals surface area contributed by atoms with Gasteiger partial charge in [0.15, 0.2) is 0 Å². The molecule has 0 aromatic heterocycles. The highest BCUT2D eigenvalue weighted by molar-refractivity contribution is 7.85. The highest BCUT2D eigenvalue weighted by Gasteiger charge is 2.15. The van der Waals surface area contributed by atoms with Gasteiger partial charge in [-0.15, -0.1) is 0 Å². The lowest BCUT2D eigenvalue weighted by molar-refractivity contribution is 0.414. The first-order chi connectivity index (χ1) is 9.40. The molecular formula is C15H16O4S. The summed E-state index contributed by atoms with van der Waals surface area (Å²) in [5, 5.41) is 0. The summed E-state index contributed by atoms with van der Waals surface area (Å²) in [7, 11) is -2.62. The van der Waals surface area contributed by atoms with Crippen molar-refractivity contribution in [2.24, 2.45) is 0 Å². The molecule has 0 unspecified atom stereocenters. The van der Waals surface area contributed by atoms with Crippen LogP contribution in [0.15, 0.2) is 47.4 Å². The van der Waals surface area contributed by atoms with E-state index in [1.165, 1.54) is 6.07 Å². The monoisotopic (exact) mass is 292 g/mol. The first kappa shape index (κ1) is 14.6. The molecule has 0 fully saturated rings. The van der Waals surface area contributed by atoms with E-state index >= 15 is 0 Å². The minimum absolute atomic E-state index is 0.0427. The Labute approximate surface area is 118 Å². The van der Waals surface area contributed by atoms with E-state index in [-0.39, 0.29) is 4.90 Å². The van der Waals surface area contributed by atoms with Crippen molar-refractivity contribution in [3.63, 3.8) is 0 Å². The largest absolute Gasteiger partial charge is 0.497 e. The summed E-state index contributed by atoms with van der Waals surface area (Å²) in [5.41, 5.74) is 2.47. The Kier molecular flexibility index (Phi) is 4.11. The number of methoxy groups -OCH3 is 1. The van der Waals surface area contributed by atoms with Gasteiger partial charge < -0.3 is 4.74 Å². The second-order valence-electron chi connectivity index (χ2n) is 4.61. The Morgan fingerprint density at radius 2 is 1.75 bits per heavy atom. The zero-order chi connectivity index (χ0) is 14.8. The molecule has 2 aromatic carbocycles. The van der Waals surface area contributed by atoms with E-state index in [4.69, 9.17) is 4.74 Å². The Hall–Kier alpha value is -1.85. The number of ether oxygens (including phenoxy) is 1. The van der Waals surface area contributed by atoms with Crippen LogP contribution in [0.5, 0.6) is 5.75 Å². The average molecular weight is 292 g/mol. The SMILES string of the molecule is COc1ccc(Cc2cc(C)ccc2S(=O)(=O)O)cc1. The van der Waals surface area contributed by atoms with Crippen LogP contribution in [0, 0.1) is 6.92 Å². The maximum atomic E-state index is 11.4. The minimum Gasteiger partial charge on any atom is -0.497 e. The number of rotatable bonds is 4. The fourth-order valence-corrected chi connectivity index (χ4v) is 2.76. The zero-order valence-corrected chi connectivity index (χ0v) is 12.1. The Balaban J connectivity index is 2.39. The lowest BCUT2D eigenvalue weighted by atomic mass is 10.0. The van der Waals surface area contributed by atoms with Crippen LogP contribution in [0.2, 0.25) is 0 Å². The fraction of sp³-hybridized carbons (Fsp3) is 0.200. The van der Waals surface area contributed by atoms with Crippen LogP contribution in [0.1, 0.15) is 16.7 Å². The van der Waals surface area contributed by atoms with Gasteiger partial charge in [0.1, 0.15) is 5.75 Å². The molecule has 0 aliphatic rings. The first-order valence-electron chi connectivity index (χ1n) is 6.10. The molecule has 2 rings (SSSR count). The third-order valence-electron chi connectivity index (χ3n) is 3.05. The van der Waals surface area contributed by atoms with Crippen LogP contribution in [-0.4, -0.2) is 20.1 Å². The lowest BCUT2D eigenvalue weighted by Gasteiger charge is -2.09. The van der Waals surface area contributed by atoms with E-state index in [1.54, 1.807) is 19.2 Å². The lowest BCUT2D eigenvalue weighted by Crippen LogP contribution is -2.04. The highest BCUT2D eigenvalue weighted by Crippen LogP contribution is 2.22. The van der Waals surface area contributed by atoms with E-state index in [2.05, 4.69) is 0 Å². The molecule has 0 aliphatic heterocycles. The molecule has 106 valence electrons. The molecule has 0 aliphatic carbocycles. The molecule has 2 aromatic rings. The van der Waals surface area contributed by atoms with E-state index in [1.807, 2.05) is 31.2 Å². The van der Waals surface area contributed by atoms with Gasteiger partial charge in [0.05, 0.1) is 12.0 Å². The Bertz CT molecular complexity index is 703. The van der Waals surface area contributed by atoms with Gasteiger partial charge in [-0.1, -0.05) is 29.8 Å². The van der Waals surface area contributed by atoms with Crippen molar-refractivity contribution in [2.75, 3.05) is 7.11 Å². The summed E-state index contributed by atoms with van der Waals surface area (Å²) in [6, 6.07) is 12.2. The summed E-state index contributed by atoms with van der Waals surface area (Å²) in [6.45, 7) is 1.88. The smallest absolute Gasteiger partial charge is 0.294 e. The molecule has 4 nitrogen and oxygen atoms in total. The van der Waals surface area contributed by atoms with Gasteiger partial charge in [-0.25, -0.2) is 0 Å². The molecule has 1 N–H and O–H groups in total. The van der Waals surface area contributed by atoms with E-state index in [0.29, 0.717) is 12.0 Å². The van der Waals surface area contributed by atoms with Gasteiger partial charge >= 0.3 is 0 Å². The quantitative estimate of drug-likeness (QED) is 0.880. The van der Waals surface area contributed by atoms with Crippen molar-refractivity contribution < 1.29 is 17.7 Å². The Morgan fingerprint density at radius 1 is 1.10 bits per heavy atom. The molecule has 0 saturated carbocycles. The van der Waals surface area contributed by atoms with E-state index < -0.39 is 10.1 Å². The van der Waals surface area contributed by atoms with Gasteiger partial charge in [0.2, 0.25) is 0 Å². The van der Waals surface area contributed by atoms with Crippen molar-refractivity contribution in [1.82, 2.24) is 0 Å². The van der Waals surface area contributed by atoms with E-state index in [9.17, 15) is 13.0 Å². The normalized spacial score (nSPS) is 11.3. The second-order valence-corrected chi connectivity index (χ2v) is 6.00. The summed E-state index contributed by atoms with van der Waals surface area (Å²) in [4.78, 5) is -0.0427. The van der Waals surface area contributed by atoms with Crippen LogP contribution in [0.3, 0.4) is 0 Å². The molecular weight excluding hydrogens is 276 g/mol. The van der Waals surface area contributed by atoms with Gasteiger partial charge in [-0.3, -0.25) is 4.55 Å². The van der Waals surface area contributed by atoms with Crippen LogP contribution in [0.25, 0.3) is 0 Å². The number of aryl methyl sites for hydroxylation is 1. The van der Waals surface area contributed by atoms with Gasteiger partial charge in [0.25, 0.3) is 10.1 Å². The molecule has 5 heteroatoms. The van der Waals surface area contributed by atoms with Crippen LogP contribution in [0.4, 0.5) is 0 Å². The molecule has 0 atom stereocenters. The maximum absolute atomic E-state index is 11.4. The molecule has 0 bridgehead atoms. The van der Waals surface area contributed by atoms with Crippen molar-refractivity contribution in [3.8, 4) is 5.75 Å². The van der Waals surface area contributed by atoms with Crippen molar-refractivity contribution >= 4 is 10.1 Å². The fourth-order valence-electron chi connectivity index (χ4n) is 2.06. The first-order valence-corrected chi connectivity index (χ1v) is 7.54. The topological polar surface area (TPSA) is 63.6 Å².